The van der Waals surface area contributed by atoms with Crippen molar-refractivity contribution in [2.75, 3.05) is 20.1 Å². The SMILES string of the molecule is CN=C(NCCCC(C)C)NCCc1cccs1. The van der Waals surface area contributed by atoms with Crippen molar-refractivity contribution in [2.24, 2.45) is 10.9 Å². The van der Waals surface area contributed by atoms with E-state index >= 15 is 0 Å². The summed E-state index contributed by atoms with van der Waals surface area (Å²) in [5.41, 5.74) is 0. The first-order valence-electron chi connectivity index (χ1n) is 6.69. The number of nitrogens with zero attached hydrogens (tertiary/aromatic N) is 1. The second-order valence-electron chi connectivity index (χ2n) is 4.79. The van der Waals surface area contributed by atoms with Crippen LogP contribution in [0.5, 0.6) is 0 Å². The van der Waals surface area contributed by atoms with Gasteiger partial charge in [-0.05, 0) is 36.6 Å². The Morgan fingerprint density at radius 2 is 2.11 bits per heavy atom. The van der Waals surface area contributed by atoms with Crippen LogP contribution in [-0.4, -0.2) is 26.1 Å². The molecule has 1 aromatic heterocycles. The molecule has 102 valence electrons. The lowest BCUT2D eigenvalue weighted by atomic mass is 10.1. The van der Waals surface area contributed by atoms with Gasteiger partial charge in [0.15, 0.2) is 5.96 Å². The van der Waals surface area contributed by atoms with Gasteiger partial charge in [0.2, 0.25) is 0 Å². The Morgan fingerprint density at radius 3 is 2.72 bits per heavy atom. The number of hydrogen-bond acceptors (Lipinski definition) is 2. The fourth-order valence-corrected chi connectivity index (χ4v) is 2.41. The zero-order valence-electron chi connectivity index (χ0n) is 11.7. The molecule has 4 heteroatoms. The second kappa shape index (κ2) is 8.97. The van der Waals surface area contributed by atoms with E-state index in [4.69, 9.17) is 0 Å². The summed E-state index contributed by atoms with van der Waals surface area (Å²) in [5, 5.41) is 8.81. The Labute approximate surface area is 115 Å². The van der Waals surface area contributed by atoms with Gasteiger partial charge in [-0.1, -0.05) is 19.9 Å². The van der Waals surface area contributed by atoms with Crippen LogP contribution < -0.4 is 10.6 Å². The quantitative estimate of drug-likeness (QED) is 0.453. The average molecular weight is 267 g/mol. The second-order valence-corrected chi connectivity index (χ2v) is 5.82. The van der Waals surface area contributed by atoms with E-state index in [1.165, 1.54) is 17.7 Å². The predicted octanol–water partition coefficient (Wildman–Crippen LogP) is 2.89. The molecule has 2 N–H and O–H groups in total. The van der Waals surface area contributed by atoms with Gasteiger partial charge in [-0.3, -0.25) is 4.99 Å². The van der Waals surface area contributed by atoms with Crippen molar-refractivity contribution in [1.29, 1.82) is 0 Å². The molecule has 0 aliphatic heterocycles. The van der Waals surface area contributed by atoms with Crippen LogP contribution >= 0.6 is 11.3 Å². The van der Waals surface area contributed by atoms with Gasteiger partial charge in [-0.15, -0.1) is 11.3 Å². The number of nitrogens with one attached hydrogen (secondary N) is 2. The van der Waals surface area contributed by atoms with Crippen LogP contribution in [0.25, 0.3) is 0 Å². The lowest BCUT2D eigenvalue weighted by Crippen LogP contribution is -2.38. The highest BCUT2D eigenvalue weighted by Gasteiger charge is 1.99. The van der Waals surface area contributed by atoms with Crippen LogP contribution in [0.4, 0.5) is 0 Å². The van der Waals surface area contributed by atoms with Crippen molar-refractivity contribution >= 4 is 17.3 Å². The van der Waals surface area contributed by atoms with E-state index < -0.39 is 0 Å². The Balaban J connectivity index is 2.10. The Bertz CT molecular complexity index is 331. The summed E-state index contributed by atoms with van der Waals surface area (Å²) < 4.78 is 0. The molecule has 0 saturated heterocycles. The van der Waals surface area contributed by atoms with Crippen LogP contribution in [0.3, 0.4) is 0 Å². The summed E-state index contributed by atoms with van der Waals surface area (Å²) >= 11 is 1.81. The lowest BCUT2D eigenvalue weighted by Gasteiger charge is -2.12. The third-order valence-electron chi connectivity index (χ3n) is 2.72. The minimum atomic E-state index is 0.778. The molecule has 1 aromatic rings. The minimum absolute atomic E-state index is 0.778. The van der Waals surface area contributed by atoms with Crippen molar-refractivity contribution < 1.29 is 0 Å². The normalized spacial score (nSPS) is 11.9. The van der Waals surface area contributed by atoms with Gasteiger partial charge >= 0.3 is 0 Å². The smallest absolute Gasteiger partial charge is 0.190 e. The maximum atomic E-state index is 4.22. The number of thiophene rings is 1. The first kappa shape index (κ1) is 15.0. The van der Waals surface area contributed by atoms with Crippen LogP contribution in [0, 0.1) is 5.92 Å². The molecule has 0 radical (unpaired) electrons. The molecule has 0 saturated carbocycles. The van der Waals surface area contributed by atoms with E-state index in [-0.39, 0.29) is 0 Å². The van der Waals surface area contributed by atoms with Crippen molar-refractivity contribution in [3.8, 4) is 0 Å². The van der Waals surface area contributed by atoms with E-state index in [1.54, 1.807) is 11.3 Å². The van der Waals surface area contributed by atoms with Gasteiger partial charge in [0.25, 0.3) is 0 Å². The van der Waals surface area contributed by atoms with Crippen LogP contribution in [-0.2, 0) is 6.42 Å². The molecule has 3 nitrogen and oxygen atoms in total. The van der Waals surface area contributed by atoms with Crippen LogP contribution in [0.1, 0.15) is 31.6 Å². The molecule has 18 heavy (non-hydrogen) atoms. The summed E-state index contributed by atoms with van der Waals surface area (Å²) in [6, 6.07) is 4.27. The molecule has 0 aliphatic carbocycles. The van der Waals surface area contributed by atoms with Crippen molar-refractivity contribution in [3.63, 3.8) is 0 Å². The molecule has 0 amide bonds. The zero-order valence-corrected chi connectivity index (χ0v) is 12.5. The van der Waals surface area contributed by atoms with E-state index in [0.717, 1.165) is 31.4 Å². The highest BCUT2D eigenvalue weighted by atomic mass is 32.1. The van der Waals surface area contributed by atoms with E-state index in [0.29, 0.717) is 0 Å². The molecule has 0 aromatic carbocycles. The Hall–Kier alpha value is -1.03. The van der Waals surface area contributed by atoms with E-state index in [1.807, 2.05) is 7.05 Å². The van der Waals surface area contributed by atoms with E-state index in [2.05, 4.69) is 47.0 Å². The number of aliphatic imine (C=N–C) groups is 1. The number of guanidine groups is 1. The Morgan fingerprint density at radius 1 is 1.33 bits per heavy atom. The summed E-state index contributed by atoms with van der Waals surface area (Å²) in [7, 11) is 1.82. The molecule has 0 atom stereocenters. The predicted molar refractivity (Wildman–Crippen MR) is 81.5 cm³/mol. The van der Waals surface area contributed by atoms with E-state index in [9.17, 15) is 0 Å². The summed E-state index contributed by atoms with van der Waals surface area (Å²) in [6.07, 6.45) is 3.52. The molecule has 1 heterocycles. The topological polar surface area (TPSA) is 36.4 Å². The number of rotatable bonds is 7. The first-order valence-corrected chi connectivity index (χ1v) is 7.57. The lowest BCUT2D eigenvalue weighted by molar-refractivity contribution is 0.549. The summed E-state index contributed by atoms with van der Waals surface area (Å²) in [4.78, 5) is 5.64. The molecule has 1 rings (SSSR count). The molecule has 0 fully saturated rings. The third-order valence-corrected chi connectivity index (χ3v) is 3.65. The minimum Gasteiger partial charge on any atom is -0.356 e. The maximum Gasteiger partial charge on any atom is 0.190 e. The molecular formula is C14H25N3S. The van der Waals surface area contributed by atoms with Gasteiger partial charge in [0.1, 0.15) is 0 Å². The summed E-state index contributed by atoms with van der Waals surface area (Å²) in [5.74, 6) is 1.69. The highest BCUT2D eigenvalue weighted by molar-refractivity contribution is 7.09. The Kier molecular flexibility index (Phi) is 7.49. The summed E-state index contributed by atoms with van der Waals surface area (Å²) in [6.45, 7) is 6.45. The third kappa shape index (κ3) is 6.64. The van der Waals surface area contributed by atoms with Gasteiger partial charge in [-0.25, -0.2) is 0 Å². The fourth-order valence-electron chi connectivity index (χ4n) is 1.70. The largest absolute Gasteiger partial charge is 0.356 e. The molecule has 0 unspecified atom stereocenters. The van der Waals surface area contributed by atoms with Gasteiger partial charge < -0.3 is 10.6 Å². The molecule has 0 bridgehead atoms. The molecular weight excluding hydrogens is 242 g/mol. The van der Waals surface area contributed by atoms with Crippen LogP contribution in [0.2, 0.25) is 0 Å². The molecule has 0 aliphatic rings. The average Bonchev–Trinajstić information content (AvgIpc) is 2.85. The van der Waals surface area contributed by atoms with Gasteiger partial charge in [0, 0.05) is 25.0 Å². The molecule has 0 spiro atoms. The monoisotopic (exact) mass is 267 g/mol. The number of hydrogen-bond donors (Lipinski definition) is 2. The van der Waals surface area contributed by atoms with Gasteiger partial charge in [-0.2, -0.15) is 0 Å². The van der Waals surface area contributed by atoms with Crippen molar-refractivity contribution in [1.82, 2.24) is 10.6 Å². The van der Waals surface area contributed by atoms with Gasteiger partial charge in [0.05, 0.1) is 0 Å². The van der Waals surface area contributed by atoms with Crippen molar-refractivity contribution in [2.45, 2.75) is 33.1 Å². The fraction of sp³-hybridized carbons (Fsp3) is 0.643. The highest BCUT2D eigenvalue weighted by Crippen LogP contribution is 2.07. The zero-order chi connectivity index (χ0) is 13.2. The standard InChI is InChI=1S/C14H25N3S/c1-12(2)6-4-9-16-14(15-3)17-10-8-13-7-5-11-18-13/h5,7,11-12H,4,6,8-10H2,1-3H3,(H2,15,16,17). The van der Waals surface area contributed by atoms with Crippen molar-refractivity contribution in [3.05, 3.63) is 22.4 Å². The maximum absolute atomic E-state index is 4.22. The van der Waals surface area contributed by atoms with Crippen LogP contribution in [0.15, 0.2) is 22.5 Å². The first-order chi connectivity index (χ1) is 8.72.